The molecule has 0 aliphatic rings. The number of hydroxylamine groups is 1. The number of nitrogens with zero attached hydrogens (tertiary/aromatic N) is 1. The smallest absolute Gasteiger partial charge is 0.264 e. The van der Waals surface area contributed by atoms with Crippen LogP contribution in [0.2, 0.25) is 0 Å². The summed E-state index contributed by atoms with van der Waals surface area (Å²) in [5.41, 5.74) is 1.35. The molecule has 0 saturated heterocycles. The summed E-state index contributed by atoms with van der Waals surface area (Å²) < 4.78 is 24.9. The maximum Gasteiger partial charge on any atom is 0.264 e. The van der Waals surface area contributed by atoms with Crippen LogP contribution < -0.4 is 10.6 Å². The van der Waals surface area contributed by atoms with E-state index in [0.29, 0.717) is 15.7 Å². The van der Waals surface area contributed by atoms with Gasteiger partial charge < -0.3 is 10.6 Å². The van der Waals surface area contributed by atoms with Crippen molar-refractivity contribution >= 4 is 27.5 Å². The van der Waals surface area contributed by atoms with E-state index >= 15 is 0 Å². The molecule has 0 aliphatic heterocycles. The number of carbonyl (C=O) groups is 2. The molecule has 0 heterocycles. The van der Waals surface area contributed by atoms with Gasteiger partial charge in [0.1, 0.15) is 0 Å². The summed E-state index contributed by atoms with van der Waals surface area (Å²) in [7, 11) is -1.31. The van der Waals surface area contributed by atoms with Crippen molar-refractivity contribution < 1.29 is 22.8 Å². The van der Waals surface area contributed by atoms with E-state index in [-0.39, 0.29) is 17.0 Å². The van der Waals surface area contributed by atoms with Gasteiger partial charge in [0.2, 0.25) is 5.91 Å². The van der Waals surface area contributed by atoms with Gasteiger partial charge in [-0.1, -0.05) is 16.5 Å². The average Bonchev–Trinajstić information content (AvgIpc) is 2.71. The van der Waals surface area contributed by atoms with Gasteiger partial charge in [-0.15, -0.1) is 6.42 Å². The summed E-state index contributed by atoms with van der Waals surface area (Å²) in [6.07, 6.45) is 5.31. The Balaban J connectivity index is 1.96. The van der Waals surface area contributed by atoms with Crippen LogP contribution in [-0.2, 0) is 19.7 Å². The molecule has 9 heteroatoms. The second-order valence-corrected chi connectivity index (χ2v) is 7.51. The zero-order chi connectivity index (χ0) is 20.7. The van der Waals surface area contributed by atoms with Crippen LogP contribution in [0.1, 0.15) is 15.9 Å². The zero-order valence-corrected chi connectivity index (χ0v) is 16.1. The molecular formula is C19H19N3O5S. The minimum Gasteiger partial charge on any atom is -0.343 e. The largest absolute Gasteiger partial charge is 0.343 e. The Labute approximate surface area is 163 Å². The molecule has 8 nitrogen and oxygen atoms in total. The molecule has 0 unspecified atom stereocenters. The Morgan fingerprint density at radius 3 is 2.46 bits per heavy atom. The van der Waals surface area contributed by atoms with Gasteiger partial charge >= 0.3 is 0 Å². The summed E-state index contributed by atoms with van der Waals surface area (Å²) in [6.45, 7) is -0.258. The first-order valence-corrected chi connectivity index (χ1v) is 9.49. The van der Waals surface area contributed by atoms with Gasteiger partial charge in [0, 0.05) is 23.9 Å². The maximum atomic E-state index is 12.2. The summed E-state index contributed by atoms with van der Waals surface area (Å²) in [6, 6.07) is 12.0. The molecule has 0 aliphatic carbocycles. The van der Waals surface area contributed by atoms with Crippen LogP contribution in [0.5, 0.6) is 0 Å². The SMILES string of the molecule is C#Cc1cccc(NC(=O)CNC(=O)c2ccc(S(=O)(=O)N(C)OC)cc2)c1. The minimum atomic E-state index is -3.80. The molecule has 2 N–H and O–H groups in total. The fourth-order valence-electron chi connectivity index (χ4n) is 2.18. The summed E-state index contributed by atoms with van der Waals surface area (Å²) in [4.78, 5) is 28.8. The lowest BCUT2D eigenvalue weighted by Gasteiger charge is -2.14. The van der Waals surface area contributed by atoms with E-state index in [2.05, 4.69) is 21.4 Å². The molecule has 2 rings (SSSR count). The van der Waals surface area contributed by atoms with Crippen molar-refractivity contribution in [2.45, 2.75) is 4.90 Å². The molecule has 2 aromatic carbocycles. The standard InChI is InChI=1S/C19H19N3O5S/c1-4-14-6-5-7-16(12-14)21-18(23)13-20-19(24)15-8-10-17(11-9-15)28(25,26)22(2)27-3/h1,5-12H,13H2,2-3H3,(H,20,24)(H,21,23). The lowest BCUT2D eigenvalue weighted by molar-refractivity contribution is -0.115. The third kappa shape index (κ3) is 5.17. The quantitative estimate of drug-likeness (QED) is 0.536. The summed E-state index contributed by atoms with van der Waals surface area (Å²) >= 11 is 0. The number of nitrogens with one attached hydrogen (secondary N) is 2. The highest BCUT2D eigenvalue weighted by Crippen LogP contribution is 2.15. The summed E-state index contributed by atoms with van der Waals surface area (Å²) in [5.74, 6) is 1.52. The Kier molecular flexibility index (Phi) is 6.89. The molecule has 146 valence electrons. The van der Waals surface area contributed by atoms with Crippen molar-refractivity contribution in [2.75, 3.05) is 26.0 Å². The van der Waals surface area contributed by atoms with Gasteiger partial charge in [0.25, 0.3) is 15.9 Å². The number of amides is 2. The van der Waals surface area contributed by atoms with E-state index in [9.17, 15) is 18.0 Å². The van der Waals surface area contributed by atoms with Crippen molar-refractivity contribution in [1.29, 1.82) is 0 Å². The molecule has 0 bridgehead atoms. The summed E-state index contributed by atoms with van der Waals surface area (Å²) in [5, 5.41) is 5.09. The van der Waals surface area contributed by atoms with Crippen LogP contribution >= 0.6 is 0 Å². The number of benzene rings is 2. The van der Waals surface area contributed by atoms with Gasteiger partial charge in [-0.3, -0.25) is 14.4 Å². The molecule has 28 heavy (non-hydrogen) atoms. The van der Waals surface area contributed by atoms with Crippen LogP contribution in [0.25, 0.3) is 0 Å². The van der Waals surface area contributed by atoms with E-state index in [1.807, 2.05) is 0 Å². The lowest BCUT2D eigenvalue weighted by atomic mass is 10.2. The highest BCUT2D eigenvalue weighted by Gasteiger charge is 2.21. The molecule has 0 aromatic heterocycles. The van der Waals surface area contributed by atoms with Crippen LogP contribution in [0.4, 0.5) is 5.69 Å². The third-order valence-electron chi connectivity index (χ3n) is 3.73. The van der Waals surface area contributed by atoms with Crippen molar-refractivity contribution in [2.24, 2.45) is 0 Å². The Morgan fingerprint density at radius 2 is 1.86 bits per heavy atom. The predicted molar refractivity (Wildman–Crippen MR) is 104 cm³/mol. The monoisotopic (exact) mass is 401 g/mol. The predicted octanol–water partition coefficient (Wildman–Crippen LogP) is 1.22. The van der Waals surface area contributed by atoms with E-state index in [1.54, 1.807) is 24.3 Å². The van der Waals surface area contributed by atoms with Crippen molar-refractivity contribution in [3.8, 4) is 12.3 Å². The molecule has 2 amide bonds. The second kappa shape index (κ2) is 9.14. The first kappa shape index (κ1) is 21.1. The molecule has 2 aromatic rings. The van der Waals surface area contributed by atoms with Gasteiger partial charge in [-0.2, -0.15) is 0 Å². The first-order valence-electron chi connectivity index (χ1n) is 8.05. The normalized spacial score (nSPS) is 10.9. The van der Waals surface area contributed by atoms with Crippen molar-refractivity contribution in [3.05, 3.63) is 59.7 Å². The number of rotatable bonds is 7. The van der Waals surface area contributed by atoms with E-state index in [1.165, 1.54) is 38.4 Å². The minimum absolute atomic E-state index is 0.0282. The number of anilines is 1. The molecular weight excluding hydrogens is 382 g/mol. The molecule has 0 radical (unpaired) electrons. The Morgan fingerprint density at radius 1 is 1.18 bits per heavy atom. The zero-order valence-electron chi connectivity index (χ0n) is 15.3. The van der Waals surface area contributed by atoms with Gasteiger partial charge in [-0.25, -0.2) is 8.42 Å². The Hall–Kier alpha value is -3.19. The van der Waals surface area contributed by atoms with E-state index < -0.39 is 21.8 Å². The first-order chi connectivity index (χ1) is 13.3. The van der Waals surface area contributed by atoms with E-state index in [4.69, 9.17) is 6.42 Å². The number of terminal acetylenes is 1. The lowest BCUT2D eigenvalue weighted by Crippen LogP contribution is -2.33. The fourth-order valence-corrected chi connectivity index (χ4v) is 3.15. The second-order valence-electron chi connectivity index (χ2n) is 5.58. The third-order valence-corrected chi connectivity index (χ3v) is 5.43. The van der Waals surface area contributed by atoms with Crippen LogP contribution in [0.3, 0.4) is 0 Å². The fraction of sp³-hybridized carbons (Fsp3) is 0.158. The maximum absolute atomic E-state index is 12.2. The number of hydrogen-bond donors (Lipinski definition) is 2. The van der Waals surface area contributed by atoms with E-state index in [0.717, 1.165) is 0 Å². The van der Waals surface area contributed by atoms with Gasteiger partial charge in [0.05, 0.1) is 18.6 Å². The number of carbonyl (C=O) groups excluding carboxylic acids is 2. The van der Waals surface area contributed by atoms with Crippen LogP contribution in [-0.4, -0.2) is 45.4 Å². The van der Waals surface area contributed by atoms with Crippen molar-refractivity contribution in [3.63, 3.8) is 0 Å². The number of sulfonamides is 1. The number of hydrogen-bond acceptors (Lipinski definition) is 5. The molecule has 0 saturated carbocycles. The highest BCUT2D eigenvalue weighted by atomic mass is 32.2. The molecule has 0 atom stereocenters. The Bertz CT molecular complexity index is 1010. The van der Waals surface area contributed by atoms with Gasteiger partial charge in [0.15, 0.2) is 0 Å². The molecule has 0 spiro atoms. The average molecular weight is 401 g/mol. The van der Waals surface area contributed by atoms with Crippen LogP contribution in [0.15, 0.2) is 53.4 Å². The van der Waals surface area contributed by atoms with Crippen LogP contribution in [0, 0.1) is 12.3 Å². The van der Waals surface area contributed by atoms with Gasteiger partial charge in [-0.05, 0) is 42.5 Å². The topological polar surface area (TPSA) is 105 Å². The van der Waals surface area contributed by atoms with Crippen molar-refractivity contribution in [1.82, 2.24) is 9.79 Å². The molecule has 0 fully saturated rings. The highest BCUT2D eigenvalue weighted by molar-refractivity contribution is 7.89.